The Hall–Kier alpha value is -3.46. The molecule has 34 heavy (non-hydrogen) atoms. The molecule has 0 bridgehead atoms. The number of nitrogens with two attached hydrogens (primary N) is 1. The molecule has 1 aliphatic carbocycles. The zero-order valence-electron chi connectivity index (χ0n) is 19.9. The molecule has 2 aromatic rings. The Kier molecular flexibility index (Phi) is 7.42. The number of methoxy groups -OCH3 is 1. The summed E-state index contributed by atoms with van der Waals surface area (Å²) >= 11 is 0. The summed E-state index contributed by atoms with van der Waals surface area (Å²) < 4.78 is 16.9. The zero-order valence-corrected chi connectivity index (χ0v) is 19.9. The summed E-state index contributed by atoms with van der Waals surface area (Å²) in [4.78, 5) is 12.8. The van der Waals surface area contributed by atoms with E-state index in [0.29, 0.717) is 22.8 Å². The van der Waals surface area contributed by atoms with E-state index in [1.807, 2.05) is 30.3 Å². The standard InChI is InChI=1S/C28H32N2O4/c1-3-4-6-18-9-11-19(12-10-18)28(31)33-22-13-14-23-25(16-22)34-27(30)24(17-29)26(23)20-7-5-8-21(15-20)32-2/h5,7-8,13-16,18-19,26H,3-4,6,9-12,30H2,1-2H3. The van der Waals surface area contributed by atoms with Gasteiger partial charge in [0.2, 0.25) is 5.88 Å². The molecule has 1 heterocycles. The molecule has 6 heteroatoms. The monoisotopic (exact) mass is 460 g/mol. The molecule has 2 aliphatic rings. The molecule has 1 atom stereocenters. The van der Waals surface area contributed by atoms with Gasteiger partial charge < -0.3 is 19.9 Å². The van der Waals surface area contributed by atoms with Crippen LogP contribution in [0.15, 0.2) is 53.9 Å². The predicted molar refractivity (Wildman–Crippen MR) is 129 cm³/mol. The fourth-order valence-electron chi connectivity index (χ4n) is 5.04. The van der Waals surface area contributed by atoms with Crippen molar-refractivity contribution in [2.75, 3.05) is 7.11 Å². The normalized spacial score (nSPS) is 21.7. The minimum absolute atomic E-state index is 0.0525. The largest absolute Gasteiger partial charge is 0.497 e. The zero-order chi connectivity index (χ0) is 24.1. The van der Waals surface area contributed by atoms with Crippen LogP contribution in [-0.4, -0.2) is 13.1 Å². The van der Waals surface area contributed by atoms with Crippen molar-refractivity contribution in [1.29, 1.82) is 5.26 Å². The Morgan fingerprint density at radius 3 is 2.65 bits per heavy atom. The van der Waals surface area contributed by atoms with E-state index in [0.717, 1.165) is 42.7 Å². The molecule has 1 fully saturated rings. The van der Waals surface area contributed by atoms with Crippen molar-refractivity contribution in [3.63, 3.8) is 0 Å². The third-order valence-corrected chi connectivity index (χ3v) is 6.98. The summed E-state index contributed by atoms with van der Waals surface area (Å²) in [5, 5.41) is 9.76. The maximum absolute atomic E-state index is 12.8. The molecule has 0 saturated heterocycles. The lowest BCUT2D eigenvalue weighted by Crippen LogP contribution is -2.26. The molecule has 2 aromatic carbocycles. The topological polar surface area (TPSA) is 94.6 Å². The van der Waals surface area contributed by atoms with E-state index in [2.05, 4.69) is 13.0 Å². The number of nitrogens with zero attached hydrogens (tertiary/aromatic N) is 1. The van der Waals surface area contributed by atoms with Gasteiger partial charge >= 0.3 is 5.97 Å². The molecule has 0 aromatic heterocycles. The maximum atomic E-state index is 12.8. The van der Waals surface area contributed by atoms with Gasteiger partial charge in [-0.2, -0.15) is 5.26 Å². The van der Waals surface area contributed by atoms with Crippen LogP contribution in [0.25, 0.3) is 0 Å². The van der Waals surface area contributed by atoms with Crippen molar-refractivity contribution in [2.24, 2.45) is 17.6 Å². The van der Waals surface area contributed by atoms with E-state index in [4.69, 9.17) is 19.9 Å². The molecule has 1 saturated carbocycles. The van der Waals surface area contributed by atoms with Gasteiger partial charge in [0, 0.05) is 11.6 Å². The first-order valence-corrected chi connectivity index (χ1v) is 12.1. The molecule has 2 N–H and O–H groups in total. The molecule has 1 unspecified atom stereocenters. The summed E-state index contributed by atoms with van der Waals surface area (Å²) in [5.41, 5.74) is 8.11. The first-order chi connectivity index (χ1) is 16.5. The Balaban J connectivity index is 1.52. The van der Waals surface area contributed by atoms with Gasteiger partial charge in [0.15, 0.2) is 0 Å². The smallest absolute Gasteiger partial charge is 0.314 e. The van der Waals surface area contributed by atoms with Crippen LogP contribution in [0.4, 0.5) is 0 Å². The van der Waals surface area contributed by atoms with Gasteiger partial charge in [-0.3, -0.25) is 4.79 Å². The summed E-state index contributed by atoms with van der Waals surface area (Å²) in [6, 6.07) is 15.0. The second-order valence-electron chi connectivity index (χ2n) is 9.18. The van der Waals surface area contributed by atoms with E-state index in [1.54, 1.807) is 19.2 Å². The second kappa shape index (κ2) is 10.6. The van der Waals surface area contributed by atoms with E-state index in [1.165, 1.54) is 19.3 Å². The number of benzene rings is 2. The first-order valence-electron chi connectivity index (χ1n) is 12.1. The van der Waals surface area contributed by atoms with Crippen molar-refractivity contribution in [2.45, 2.75) is 57.8 Å². The number of carbonyl (C=O) groups excluding carboxylic acids is 1. The average Bonchev–Trinajstić information content (AvgIpc) is 2.86. The second-order valence-corrected chi connectivity index (χ2v) is 9.18. The van der Waals surface area contributed by atoms with Gasteiger partial charge in [0.25, 0.3) is 0 Å². The van der Waals surface area contributed by atoms with Crippen molar-refractivity contribution >= 4 is 5.97 Å². The molecule has 1 aliphatic heterocycles. The van der Waals surface area contributed by atoms with Crippen molar-refractivity contribution in [3.8, 4) is 23.3 Å². The highest BCUT2D eigenvalue weighted by atomic mass is 16.5. The molecule has 0 spiro atoms. The van der Waals surface area contributed by atoms with E-state index in [9.17, 15) is 10.1 Å². The number of hydrogen-bond donors (Lipinski definition) is 1. The number of hydrogen-bond acceptors (Lipinski definition) is 6. The van der Waals surface area contributed by atoms with Crippen LogP contribution in [0, 0.1) is 23.2 Å². The minimum Gasteiger partial charge on any atom is -0.497 e. The molecule has 0 amide bonds. The highest BCUT2D eigenvalue weighted by Gasteiger charge is 2.32. The highest BCUT2D eigenvalue weighted by Crippen LogP contribution is 2.44. The van der Waals surface area contributed by atoms with Gasteiger partial charge in [0.05, 0.1) is 18.9 Å². The number of nitriles is 1. The lowest BCUT2D eigenvalue weighted by molar-refractivity contribution is -0.140. The fraction of sp³-hybridized carbons (Fsp3) is 0.429. The number of rotatable bonds is 7. The lowest BCUT2D eigenvalue weighted by atomic mass is 9.80. The van der Waals surface area contributed by atoms with Crippen LogP contribution in [0.5, 0.6) is 17.2 Å². The summed E-state index contributed by atoms with van der Waals surface area (Å²) in [6.45, 7) is 2.22. The lowest BCUT2D eigenvalue weighted by Gasteiger charge is -2.28. The molecule has 4 rings (SSSR count). The number of esters is 1. The van der Waals surface area contributed by atoms with E-state index >= 15 is 0 Å². The van der Waals surface area contributed by atoms with Crippen LogP contribution in [0.3, 0.4) is 0 Å². The Morgan fingerprint density at radius 2 is 1.94 bits per heavy atom. The van der Waals surface area contributed by atoms with Gasteiger partial charge in [-0.25, -0.2) is 0 Å². The Morgan fingerprint density at radius 1 is 1.15 bits per heavy atom. The first kappa shape index (κ1) is 23.7. The number of carbonyl (C=O) groups is 1. The van der Waals surface area contributed by atoms with Crippen LogP contribution in [0.2, 0.25) is 0 Å². The molecule has 178 valence electrons. The van der Waals surface area contributed by atoms with Gasteiger partial charge in [-0.15, -0.1) is 0 Å². The number of unbranched alkanes of at least 4 members (excludes halogenated alkanes) is 1. The SMILES string of the molecule is CCCCC1CCC(C(=O)Oc2ccc3c(c2)OC(N)=C(C#N)C3c2cccc(OC)c2)CC1. The predicted octanol–water partition coefficient (Wildman–Crippen LogP) is 5.82. The Bertz CT molecular complexity index is 1110. The molecular formula is C28H32N2O4. The third kappa shape index (κ3) is 5.04. The quantitative estimate of drug-likeness (QED) is 0.413. The number of allylic oxidation sites excluding steroid dienone is 1. The van der Waals surface area contributed by atoms with Crippen LogP contribution in [-0.2, 0) is 4.79 Å². The fourth-order valence-corrected chi connectivity index (χ4v) is 5.04. The number of fused-ring (bicyclic) bond motifs is 1. The number of ether oxygens (including phenoxy) is 3. The summed E-state index contributed by atoms with van der Waals surface area (Å²) in [5.74, 6) is 1.75. The van der Waals surface area contributed by atoms with Crippen molar-refractivity contribution < 1.29 is 19.0 Å². The van der Waals surface area contributed by atoms with Crippen molar-refractivity contribution in [3.05, 3.63) is 65.0 Å². The molecule has 0 radical (unpaired) electrons. The van der Waals surface area contributed by atoms with Gasteiger partial charge in [0.1, 0.15) is 28.9 Å². The highest BCUT2D eigenvalue weighted by molar-refractivity contribution is 5.75. The maximum Gasteiger partial charge on any atom is 0.314 e. The summed E-state index contributed by atoms with van der Waals surface area (Å²) in [6.07, 6.45) is 7.69. The third-order valence-electron chi connectivity index (χ3n) is 6.98. The molecule has 6 nitrogen and oxygen atoms in total. The van der Waals surface area contributed by atoms with Gasteiger partial charge in [-0.05, 0) is 55.4 Å². The van der Waals surface area contributed by atoms with Crippen LogP contribution in [0.1, 0.15) is 68.9 Å². The summed E-state index contributed by atoms with van der Waals surface area (Å²) in [7, 11) is 1.60. The van der Waals surface area contributed by atoms with E-state index in [-0.39, 0.29) is 17.8 Å². The minimum atomic E-state index is -0.396. The van der Waals surface area contributed by atoms with E-state index < -0.39 is 5.92 Å². The molecular weight excluding hydrogens is 428 g/mol. The van der Waals surface area contributed by atoms with Crippen LogP contribution < -0.4 is 19.9 Å². The van der Waals surface area contributed by atoms with Crippen molar-refractivity contribution in [1.82, 2.24) is 0 Å². The van der Waals surface area contributed by atoms with Gasteiger partial charge in [-0.1, -0.05) is 44.4 Å². The Labute approximate surface area is 201 Å². The average molecular weight is 461 g/mol. The van der Waals surface area contributed by atoms with Crippen LogP contribution >= 0.6 is 0 Å².